The van der Waals surface area contributed by atoms with E-state index in [9.17, 15) is 4.79 Å². The second-order valence-electron chi connectivity index (χ2n) is 5.80. The lowest BCUT2D eigenvalue weighted by molar-refractivity contribution is 0.0937. The van der Waals surface area contributed by atoms with E-state index in [1.807, 2.05) is 32.0 Å². The van der Waals surface area contributed by atoms with Crippen LogP contribution in [0, 0.1) is 0 Å². The summed E-state index contributed by atoms with van der Waals surface area (Å²) < 4.78 is 0. The molecule has 0 saturated heterocycles. The Labute approximate surface area is 131 Å². The Bertz CT molecular complexity index is 635. The molecule has 5 nitrogen and oxygen atoms in total. The van der Waals surface area contributed by atoms with Crippen molar-refractivity contribution in [2.45, 2.75) is 39.7 Å². The van der Waals surface area contributed by atoms with Crippen LogP contribution in [0.3, 0.4) is 0 Å². The fourth-order valence-electron chi connectivity index (χ4n) is 2.11. The zero-order valence-corrected chi connectivity index (χ0v) is 13.4. The standard InChI is InChI=1S/C17H22N4O/c1-11(2)13-7-5-6-8-14(13)19-16-10-9-15(20-21-16)17(22)18-12(3)4/h5-12H,1-4H3,(H,18,22)(H,19,21). The molecule has 0 bridgehead atoms. The molecule has 1 aromatic heterocycles. The SMILES string of the molecule is CC(C)NC(=O)c1ccc(Nc2ccccc2C(C)C)nn1. The number of amides is 1. The molecule has 1 heterocycles. The van der Waals surface area contributed by atoms with Crippen LogP contribution in [0.4, 0.5) is 11.5 Å². The number of hydrogen-bond donors (Lipinski definition) is 2. The Morgan fingerprint density at radius 1 is 1.00 bits per heavy atom. The van der Waals surface area contributed by atoms with Crippen LogP contribution < -0.4 is 10.6 Å². The van der Waals surface area contributed by atoms with E-state index in [0.717, 1.165) is 5.69 Å². The molecule has 1 aromatic carbocycles. The van der Waals surface area contributed by atoms with Gasteiger partial charge in [0.2, 0.25) is 0 Å². The molecule has 2 N–H and O–H groups in total. The minimum Gasteiger partial charge on any atom is -0.348 e. The average Bonchev–Trinajstić information content (AvgIpc) is 2.47. The second kappa shape index (κ2) is 7.02. The van der Waals surface area contributed by atoms with Gasteiger partial charge in [-0.15, -0.1) is 10.2 Å². The van der Waals surface area contributed by atoms with E-state index in [4.69, 9.17) is 0 Å². The molecule has 1 amide bonds. The number of carbonyl (C=O) groups is 1. The molecule has 0 aliphatic heterocycles. The predicted octanol–water partition coefficient (Wildman–Crippen LogP) is 3.48. The first-order valence-electron chi connectivity index (χ1n) is 7.48. The Morgan fingerprint density at radius 2 is 1.73 bits per heavy atom. The van der Waals surface area contributed by atoms with E-state index < -0.39 is 0 Å². The molecule has 0 aliphatic rings. The van der Waals surface area contributed by atoms with Gasteiger partial charge in [0.15, 0.2) is 11.5 Å². The minimum atomic E-state index is -0.211. The van der Waals surface area contributed by atoms with E-state index in [-0.39, 0.29) is 11.9 Å². The van der Waals surface area contributed by atoms with Crippen LogP contribution in [0.2, 0.25) is 0 Å². The molecule has 5 heteroatoms. The monoisotopic (exact) mass is 298 g/mol. The van der Waals surface area contributed by atoms with Crippen LogP contribution in [0.25, 0.3) is 0 Å². The summed E-state index contributed by atoms with van der Waals surface area (Å²) in [5, 5.41) is 14.1. The molecule has 2 rings (SSSR count). The van der Waals surface area contributed by atoms with Gasteiger partial charge in [-0.25, -0.2) is 0 Å². The Balaban J connectivity index is 2.14. The molecule has 22 heavy (non-hydrogen) atoms. The summed E-state index contributed by atoms with van der Waals surface area (Å²) in [6.07, 6.45) is 0. The maximum atomic E-state index is 11.8. The third-order valence-corrected chi connectivity index (χ3v) is 3.16. The highest BCUT2D eigenvalue weighted by Crippen LogP contribution is 2.25. The molecule has 2 aromatic rings. The van der Waals surface area contributed by atoms with Crippen molar-refractivity contribution in [1.29, 1.82) is 0 Å². The molecular weight excluding hydrogens is 276 g/mol. The van der Waals surface area contributed by atoms with Crippen molar-refractivity contribution < 1.29 is 4.79 Å². The summed E-state index contributed by atoms with van der Waals surface area (Å²) in [7, 11) is 0. The third-order valence-electron chi connectivity index (χ3n) is 3.16. The van der Waals surface area contributed by atoms with Crippen LogP contribution in [-0.2, 0) is 0 Å². The lowest BCUT2D eigenvalue weighted by atomic mass is 10.0. The van der Waals surface area contributed by atoms with Crippen LogP contribution in [0.5, 0.6) is 0 Å². The molecule has 0 atom stereocenters. The quantitative estimate of drug-likeness (QED) is 0.887. The van der Waals surface area contributed by atoms with Crippen molar-refractivity contribution >= 4 is 17.4 Å². The fraction of sp³-hybridized carbons (Fsp3) is 0.353. The van der Waals surface area contributed by atoms with Gasteiger partial charge in [0.05, 0.1) is 0 Å². The van der Waals surface area contributed by atoms with Gasteiger partial charge in [-0.1, -0.05) is 32.0 Å². The van der Waals surface area contributed by atoms with E-state index in [2.05, 4.69) is 40.7 Å². The van der Waals surface area contributed by atoms with Crippen molar-refractivity contribution in [3.8, 4) is 0 Å². The van der Waals surface area contributed by atoms with E-state index in [0.29, 0.717) is 17.4 Å². The highest BCUT2D eigenvalue weighted by Gasteiger charge is 2.10. The lowest BCUT2D eigenvalue weighted by Gasteiger charge is -2.13. The minimum absolute atomic E-state index is 0.0741. The summed E-state index contributed by atoms with van der Waals surface area (Å²) in [6, 6.07) is 11.6. The lowest BCUT2D eigenvalue weighted by Crippen LogP contribution is -2.30. The number of nitrogens with zero attached hydrogens (tertiary/aromatic N) is 2. The number of rotatable bonds is 5. The zero-order valence-electron chi connectivity index (χ0n) is 13.4. The maximum absolute atomic E-state index is 11.8. The highest BCUT2D eigenvalue weighted by atomic mass is 16.1. The van der Waals surface area contributed by atoms with Gasteiger partial charge in [-0.2, -0.15) is 0 Å². The normalized spacial score (nSPS) is 10.8. The Morgan fingerprint density at radius 3 is 2.32 bits per heavy atom. The first-order chi connectivity index (χ1) is 10.5. The number of anilines is 2. The molecule has 0 radical (unpaired) electrons. The van der Waals surface area contributed by atoms with Crippen LogP contribution in [-0.4, -0.2) is 22.1 Å². The summed E-state index contributed by atoms with van der Waals surface area (Å²) in [5.74, 6) is 0.818. The van der Waals surface area contributed by atoms with Gasteiger partial charge < -0.3 is 10.6 Å². The van der Waals surface area contributed by atoms with Gasteiger partial charge in [0.1, 0.15) is 0 Å². The third kappa shape index (κ3) is 4.04. The van der Waals surface area contributed by atoms with Crippen molar-refractivity contribution in [2.75, 3.05) is 5.32 Å². The zero-order chi connectivity index (χ0) is 16.1. The van der Waals surface area contributed by atoms with Gasteiger partial charge in [0, 0.05) is 11.7 Å². The summed E-state index contributed by atoms with van der Waals surface area (Å²) >= 11 is 0. The highest BCUT2D eigenvalue weighted by molar-refractivity contribution is 5.92. The number of hydrogen-bond acceptors (Lipinski definition) is 4. The molecule has 0 fully saturated rings. The average molecular weight is 298 g/mol. The van der Waals surface area contributed by atoms with Crippen LogP contribution >= 0.6 is 0 Å². The number of nitrogens with one attached hydrogen (secondary N) is 2. The number of para-hydroxylation sites is 1. The Kier molecular flexibility index (Phi) is 5.09. The first kappa shape index (κ1) is 15.9. The van der Waals surface area contributed by atoms with E-state index in [1.165, 1.54) is 5.56 Å². The first-order valence-corrected chi connectivity index (χ1v) is 7.48. The van der Waals surface area contributed by atoms with Crippen LogP contribution in [0.1, 0.15) is 49.7 Å². The maximum Gasteiger partial charge on any atom is 0.271 e. The Hall–Kier alpha value is -2.43. The van der Waals surface area contributed by atoms with Crippen molar-refractivity contribution in [3.05, 3.63) is 47.7 Å². The molecular formula is C17H22N4O. The van der Waals surface area contributed by atoms with E-state index in [1.54, 1.807) is 12.1 Å². The molecule has 0 saturated carbocycles. The molecule has 0 spiro atoms. The summed E-state index contributed by atoms with van der Waals surface area (Å²) in [6.45, 7) is 8.10. The number of aromatic nitrogens is 2. The van der Waals surface area contributed by atoms with Gasteiger partial charge in [-0.05, 0) is 43.5 Å². The smallest absolute Gasteiger partial charge is 0.271 e. The van der Waals surface area contributed by atoms with Crippen molar-refractivity contribution in [1.82, 2.24) is 15.5 Å². The second-order valence-corrected chi connectivity index (χ2v) is 5.80. The molecule has 116 valence electrons. The fourth-order valence-corrected chi connectivity index (χ4v) is 2.11. The number of benzene rings is 1. The molecule has 0 unspecified atom stereocenters. The van der Waals surface area contributed by atoms with Crippen LogP contribution in [0.15, 0.2) is 36.4 Å². The predicted molar refractivity (Wildman–Crippen MR) is 88.4 cm³/mol. The van der Waals surface area contributed by atoms with E-state index >= 15 is 0 Å². The molecule has 0 aliphatic carbocycles. The summed E-state index contributed by atoms with van der Waals surface area (Å²) in [4.78, 5) is 11.8. The van der Waals surface area contributed by atoms with Gasteiger partial charge >= 0.3 is 0 Å². The largest absolute Gasteiger partial charge is 0.348 e. The number of carbonyl (C=O) groups excluding carboxylic acids is 1. The van der Waals surface area contributed by atoms with Crippen molar-refractivity contribution in [3.63, 3.8) is 0 Å². The van der Waals surface area contributed by atoms with Gasteiger partial charge in [0.25, 0.3) is 5.91 Å². The summed E-state index contributed by atoms with van der Waals surface area (Å²) in [5.41, 5.74) is 2.54. The van der Waals surface area contributed by atoms with Gasteiger partial charge in [-0.3, -0.25) is 4.79 Å². The van der Waals surface area contributed by atoms with Crippen molar-refractivity contribution in [2.24, 2.45) is 0 Å². The topological polar surface area (TPSA) is 66.9 Å².